The van der Waals surface area contributed by atoms with Crippen molar-refractivity contribution in [3.05, 3.63) is 70.6 Å². The van der Waals surface area contributed by atoms with Crippen molar-refractivity contribution in [2.75, 3.05) is 52.0 Å². The maximum Gasteiger partial charge on any atom is 0.258 e. The molecule has 0 fully saturated rings. The van der Waals surface area contributed by atoms with Crippen LogP contribution < -0.4 is 31.3 Å². The number of primary amides is 1. The van der Waals surface area contributed by atoms with Crippen molar-refractivity contribution in [2.45, 2.75) is 0 Å². The number of hydrogen-bond donors (Lipinski definition) is 6. The van der Waals surface area contributed by atoms with Crippen molar-refractivity contribution in [2.24, 2.45) is 5.73 Å². The fraction of sp³-hybridized carbons (Fsp3) is 0.226. The van der Waals surface area contributed by atoms with Crippen LogP contribution in [0.3, 0.4) is 0 Å². The van der Waals surface area contributed by atoms with E-state index in [9.17, 15) is 34.5 Å². The molecular formula is C31H31N3O12. The Morgan fingerprint density at radius 1 is 0.913 bits per heavy atom. The molecule has 0 atom stereocenters. The minimum Gasteiger partial charge on any atom is -0.508 e. The lowest BCUT2D eigenvalue weighted by Gasteiger charge is -2.13. The van der Waals surface area contributed by atoms with Crippen LogP contribution in [-0.2, 0) is 19.1 Å². The van der Waals surface area contributed by atoms with Gasteiger partial charge in [0.05, 0.1) is 38.2 Å². The minimum atomic E-state index is -0.925. The van der Waals surface area contributed by atoms with Gasteiger partial charge in [-0.25, -0.2) is 0 Å². The number of amides is 3. The zero-order chi connectivity index (χ0) is 33.2. The number of hydrogen-bond acceptors (Lipinski definition) is 12. The number of nitrogens with one attached hydrogen (secondary N) is 2. The molecule has 0 saturated carbocycles. The number of carbonyl (C=O) groups excluding carboxylic acids is 3. The van der Waals surface area contributed by atoms with Crippen LogP contribution in [0, 0.1) is 0 Å². The molecule has 1 heterocycles. The maximum absolute atomic E-state index is 12.9. The summed E-state index contributed by atoms with van der Waals surface area (Å²) >= 11 is 0. The highest BCUT2D eigenvalue weighted by Gasteiger charge is 2.19. The van der Waals surface area contributed by atoms with E-state index in [1.165, 1.54) is 49.8 Å². The molecule has 242 valence electrons. The molecular weight excluding hydrogens is 606 g/mol. The maximum atomic E-state index is 12.9. The number of fused-ring (bicyclic) bond motifs is 1. The van der Waals surface area contributed by atoms with Gasteiger partial charge in [0.1, 0.15) is 52.4 Å². The molecule has 0 radical (unpaired) electrons. The third-order valence-corrected chi connectivity index (χ3v) is 6.43. The van der Waals surface area contributed by atoms with Gasteiger partial charge in [-0.05, 0) is 29.8 Å². The molecule has 0 aliphatic heterocycles. The molecule has 0 aliphatic carbocycles. The van der Waals surface area contributed by atoms with Crippen molar-refractivity contribution < 1.29 is 53.1 Å². The Hall–Kier alpha value is -5.80. The van der Waals surface area contributed by atoms with E-state index in [-0.39, 0.29) is 90.4 Å². The molecule has 46 heavy (non-hydrogen) atoms. The molecule has 0 aliphatic rings. The second-order valence-electron chi connectivity index (χ2n) is 9.60. The van der Waals surface area contributed by atoms with Gasteiger partial charge in [0.15, 0.2) is 12.4 Å². The molecule has 3 amide bonds. The van der Waals surface area contributed by atoms with Gasteiger partial charge in [0, 0.05) is 18.7 Å². The molecule has 1 aromatic heterocycles. The molecule has 15 heteroatoms. The van der Waals surface area contributed by atoms with Gasteiger partial charge in [0.25, 0.3) is 11.8 Å². The molecule has 0 bridgehead atoms. The summed E-state index contributed by atoms with van der Waals surface area (Å²) in [7, 11) is 1.30. The topological polar surface area (TPSA) is 229 Å². The number of nitrogens with two attached hydrogens (primary N) is 1. The highest BCUT2D eigenvalue weighted by atomic mass is 16.5. The Labute approximate surface area is 261 Å². The van der Waals surface area contributed by atoms with Crippen molar-refractivity contribution in [1.82, 2.24) is 5.32 Å². The van der Waals surface area contributed by atoms with E-state index in [1.807, 2.05) is 0 Å². The zero-order valence-corrected chi connectivity index (χ0v) is 24.5. The van der Waals surface area contributed by atoms with Gasteiger partial charge in [-0.15, -0.1) is 0 Å². The first-order chi connectivity index (χ1) is 22.1. The lowest BCUT2D eigenvalue weighted by molar-refractivity contribution is -0.123. The summed E-state index contributed by atoms with van der Waals surface area (Å²) in [6, 6.07) is 11.3. The summed E-state index contributed by atoms with van der Waals surface area (Å²) in [5.74, 6) is -2.69. The van der Waals surface area contributed by atoms with E-state index in [1.54, 1.807) is 12.1 Å². The van der Waals surface area contributed by atoms with E-state index in [0.29, 0.717) is 5.56 Å². The highest BCUT2D eigenvalue weighted by molar-refractivity contribution is 6.02. The largest absolute Gasteiger partial charge is 0.508 e. The average Bonchev–Trinajstić information content (AvgIpc) is 3.02. The number of ether oxygens (including phenoxy) is 4. The Balaban J connectivity index is 1.14. The number of rotatable bonds is 15. The molecule has 4 aromatic rings. The number of aromatic hydroxyl groups is 3. The number of carbonyl (C=O) groups is 3. The minimum absolute atomic E-state index is 0.0382. The van der Waals surface area contributed by atoms with Crippen LogP contribution in [0.4, 0.5) is 5.69 Å². The summed E-state index contributed by atoms with van der Waals surface area (Å²) in [6.07, 6.45) is 1.24. The molecule has 7 N–H and O–H groups in total. The van der Waals surface area contributed by atoms with Crippen molar-refractivity contribution in [3.63, 3.8) is 0 Å². The summed E-state index contributed by atoms with van der Waals surface area (Å²) in [4.78, 5) is 48.8. The first-order valence-electron chi connectivity index (χ1n) is 13.7. The van der Waals surface area contributed by atoms with E-state index >= 15 is 0 Å². The summed E-state index contributed by atoms with van der Waals surface area (Å²) in [6.45, 7) is -0.271. The van der Waals surface area contributed by atoms with Gasteiger partial charge in [-0.3, -0.25) is 19.2 Å². The second kappa shape index (κ2) is 15.3. The monoisotopic (exact) mass is 637 g/mol. The van der Waals surface area contributed by atoms with E-state index < -0.39 is 28.9 Å². The highest BCUT2D eigenvalue weighted by Crippen LogP contribution is 2.34. The first kappa shape index (κ1) is 33.1. The Morgan fingerprint density at radius 2 is 1.65 bits per heavy atom. The molecule has 0 saturated heterocycles. The van der Waals surface area contributed by atoms with Crippen LogP contribution in [-0.4, -0.2) is 79.7 Å². The van der Waals surface area contributed by atoms with Crippen LogP contribution >= 0.6 is 0 Å². The summed E-state index contributed by atoms with van der Waals surface area (Å²) < 4.78 is 26.5. The quantitative estimate of drug-likeness (QED) is 0.0810. The second-order valence-corrected chi connectivity index (χ2v) is 9.60. The van der Waals surface area contributed by atoms with Gasteiger partial charge < -0.3 is 55.1 Å². The number of methoxy groups -OCH3 is 1. The molecule has 0 unspecified atom stereocenters. The van der Waals surface area contributed by atoms with Crippen LogP contribution in [0.1, 0.15) is 10.4 Å². The third kappa shape index (κ3) is 8.22. The van der Waals surface area contributed by atoms with Crippen molar-refractivity contribution >= 4 is 34.4 Å². The lowest BCUT2D eigenvalue weighted by Crippen LogP contribution is -2.32. The molecule has 0 spiro atoms. The Morgan fingerprint density at radius 3 is 2.37 bits per heavy atom. The van der Waals surface area contributed by atoms with Gasteiger partial charge in [-0.2, -0.15) is 0 Å². The van der Waals surface area contributed by atoms with Gasteiger partial charge in [0.2, 0.25) is 11.3 Å². The third-order valence-electron chi connectivity index (χ3n) is 6.43. The van der Waals surface area contributed by atoms with Crippen LogP contribution in [0.2, 0.25) is 0 Å². The van der Waals surface area contributed by atoms with Crippen LogP contribution in [0.15, 0.2) is 64.0 Å². The zero-order valence-electron chi connectivity index (χ0n) is 24.5. The smallest absolute Gasteiger partial charge is 0.258 e. The molecule has 15 nitrogen and oxygen atoms in total. The van der Waals surface area contributed by atoms with E-state index in [4.69, 9.17) is 29.1 Å². The SMILES string of the molecule is COc1ccc(NC(=O)COCCOCCNC(=O)COc2cc(O)c3c(=O)c(-c4ccc(O)cc4)coc3c2)c(O)c1C(N)=O. The standard InChI is InChI=1S/C31H31N3O12/c1-42-23-7-6-21(30(40)28(23)31(32)41)34-26(38)15-44-11-10-43-9-8-33-25(37)16-45-19-12-22(36)27-24(13-19)46-14-20(29(27)39)17-2-4-18(35)5-3-17/h2-7,12-14,35-36,40H,8-11,15-16H2,1H3,(H2,32,41)(H,33,37)(H,34,38). The fourth-order valence-electron chi connectivity index (χ4n) is 4.25. The van der Waals surface area contributed by atoms with Gasteiger partial charge in [-0.1, -0.05) is 12.1 Å². The van der Waals surface area contributed by atoms with Crippen molar-refractivity contribution in [3.8, 4) is 39.9 Å². The van der Waals surface area contributed by atoms with Crippen LogP contribution in [0.25, 0.3) is 22.1 Å². The summed E-state index contributed by atoms with van der Waals surface area (Å²) in [5.41, 5.74) is 5.24. The number of anilines is 1. The molecule has 4 rings (SSSR count). The van der Waals surface area contributed by atoms with Gasteiger partial charge >= 0.3 is 0 Å². The van der Waals surface area contributed by atoms with E-state index in [2.05, 4.69) is 10.6 Å². The number of phenols is 3. The van der Waals surface area contributed by atoms with Crippen LogP contribution in [0.5, 0.6) is 28.7 Å². The predicted octanol–water partition coefficient (Wildman–Crippen LogP) is 1.85. The fourth-order valence-corrected chi connectivity index (χ4v) is 4.25. The first-order valence-corrected chi connectivity index (χ1v) is 13.7. The average molecular weight is 638 g/mol. The lowest BCUT2D eigenvalue weighted by atomic mass is 10.0. The Bertz CT molecular complexity index is 1790. The predicted molar refractivity (Wildman–Crippen MR) is 163 cm³/mol. The number of benzene rings is 3. The normalized spacial score (nSPS) is 10.8. The van der Waals surface area contributed by atoms with E-state index in [0.717, 1.165) is 0 Å². The summed E-state index contributed by atoms with van der Waals surface area (Å²) in [5, 5.41) is 35.1. The van der Waals surface area contributed by atoms with Crippen molar-refractivity contribution in [1.29, 1.82) is 0 Å². The Kier molecular flexibility index (Phi) is 11.0. The number of phenolic OH excluding ortho intramolecular Hbond substituents is 2. The molecule has 3 aromatic carbocycles.